The first-order valence-corrected chi connectivity index (χ1v) is 12.3. The molecule has 37 heavy (non-hydrogen) atoms. The molecular formula is C25H29F2N7O3. The number of anilines is 3. The molecule has 12 heteroatoms. The first kappa shape index (κ1) is 25.0. The number of nitrogens with zero attached hydrogens (tertiary/aromatic N) is 5. The van der Waals surface area contributed by atoms with Crippen LogP contribution >= 0.6 is 0 Å². The molecule has 2 atom stereocenters. The molecule has 0 spiro atoms. The first-order chi connectivity index (χ1) is 17.5. The van der Waals surface area contributed by atoms with Gasteiger partial charge in [-0.15, -0.1) is 0 Å². The summed E-state index contributed by atoms with van der Waals surface area (Å²) in [6.07, 6.45) is 6.72. The number of aliphatic hydroxyl groups is 1. The van der Waals surface area contributed by atoms with Gasteiger partial charge in [-0.25, -0.2) is 18.8 Å². The number of carbonyl (C=O) groups is 1. The second-order valence-electron chi connectivity index (χ2n) is 10.2. The maximum Gasteiger partial charge on any atom is 0.282 e. The van der Waals surface area contributed by atoms with Crippen LogP contribution in [0.25, 0.3) is 5.65 Å². The van der Waals surface area contributed by atoms with Gasteiger partial charge in [-0.1, -0.05) is 0 Å². The molecule has 1 unspecified atom stereocenters. The summed E-state index contributed by atoms with van der Waals surface area (Å²) in [4.78, 5) is 34.5. The van der Waals surface area contributed by atoms with Crippen molar-refractivity contribution in [2.75, 3.05) is 17.7 Å². The summed E-state index contributed by atoms with van der Waals surface area (Å²) in [5, 5.41) is 20.5. The van der Waals surface area contributed by atoms with Gasteiger partial charge in [0.2, 0.25) is 0 Å². The Hall–Kier alpha value is -3.67. The number of rotatable bonds is 6. The van der Waals surface area contributed by atoms with E-state index in [1.54, 1.807) is 38.4 Å². The van der Waals surface area contributed by atoms with Crippen LogP contribution in [0.2, 0.25) is 0 Å². The van der Waals surface area contributed by atoms with Crippen molar-refractivity contribution in [3.05, 3.63) is 46.5 Å². The Morgan fingerprint density at radius 3 is 2.81 bits per heavy atom. The van der Waals surface area contributed by atoms with E-state index in [0.29, 0.717) is 12.2 Å². The van der Waals surface area contributed by atoms with Crippen molar-refractivity contribution in [1.82, 2.24) is 19.2 Å². The second kappa shape index (κ2) is 9.33. The number of hydrogen-bond donors (Lipinski definition) is 3. The number of carbonyl (C=O) groups excluding carboxylic acids is 1. The minimum atomic E-state index is -2.75. The fraction of sp³-hybridized carbons (Fsp3) is 0.480. The van der Waals surface area contributed by atoms with E-state index >= 15 is 0 Å². The maximum atomic E-state index is 13.3. The molecule has 0 saturated heterocycles. The van der Waals surface area contributed by atoms with Crippen LogP contribution in [0.15, 0.2) is 40.4 Å². The van der Waals surface area contributed by atoms with E-state index in [-0.39, 0.29) is 41.5 Å². The lowest BCUT2D eigenvalue weighted by Gasteiger charge is -2.36. The SMILES string of the molecule is CNc1cc(Nc2cccn(C3CC(F)(F)C3)c2=O)nc2c(C(=O)N=CC3CCC[C@](C)(O)C3)cnn12. The summed E-state index contributed by atoms with van der Waals surface area (Å²) in [7, 11) is 1.68. The molecular weight excluding hydrogens is 484 g/mol. The van der Waals surface area contributed by atoms with Crippen LogP contribution in [0.4, 0.5) is 26.1 Å². The average molecular weight is 514 g/mol. The third kappa shape index (κ3) is 5.10. The third-order valence-electron chi connectivity index (χ3n) is 7.05. The van der Waals surface area contributed by atoms with Crippen molar-refractivity contribution >= 4 is 35.1 Å². The summed E-state index contributed by atoms with van der Waals surface area (Å²) < 4.78 is 29.5. The largest absolute Gasteiger partial charge is 0.390 e. The quantitative estimate of drug-likeness (QED) is 0.428. The summed E-state index contributed by atoms with van der Waals surface area (Å²) in [6, 6.07) is 4.22. The van der Waals surface area contributed by atoms with E-state index in [1.807, 2.05) is 0 Å². The Morgan fingerprint density at radius 2 is 2.11 bits per heavy atom. The predicted octanol–water partition coefficient (Wildman–Crippen LogP) is 3.80. The van der Waals surface area contributed by atoms with Gasteiger partial charge in [0.05, 0.1) is 11.8 Å². The third-order valence-corrected chi connectivity index (χ3v) is 7.05. The van der Waals surface area contributed by atoms with Crippen LogP contribution in [0, 0.1) is 5.92 Å². The normalized spacial score (nSPS) is 23.8. The zero-order valence-electron chi connectivity index (χ0n) is 20.6. The van der Waals surface area contributed by atoms with Crippen molar-refractivity contribution in [2.45, 2.75) is 63.0 Å². The number of pyridine rings is 1. The van der Waals surface area contributed by atoms with E-state index in [0.717, 1.165) is 19.3 Å². The highest BCUT2D eigenvalue weighted by atomic mass is 19.3. The predicted molar refractivity (Wildman–Crippen MR) is 135 cm³/mol. The van der Waals surface area contributed by atoms with E-state index in [9.17, 15) is 23.5 Å². The molecule has 0 radical (unpaired) electrons. The Balaban J connectivity index is 1.41. The highest BCUT2D eigenvalue weighted by Gasteiger charge is 2.46. The van der Waals surface area contributed by atoms with Gasteiger partial charge in [0, 0.05) is 44.4 Å². The number of nitrogens with one attached hydrogen (secondary N) is 2. The molecule has 1 amide bonds. The Bertz CT molecular complexity index is 1420. The molecule has 3 heterocycles. The molecule has 10 nitrogen and oxygen atoms in total. The molecule has 3 N–H and O–H groups in total. The lowest BCUT2D eigenvalue weighted by Crippen LogP contribution is -2.41. The molecule has 2 saturated carbocycles. The van der Waals surface area contributed by atoms with Crippen molar-refractivity contribution in [3.8, 4) is 0 Å². The fourth-order valence-electron chi connectivity index (χ4n) is 5.10. The summed E-state index contributed by atoms with van der Waals surface area (Å²) >= 11 is 0. The van der Waals surface area contributed by atoms with Crippen molar-refractivity contribution in [2.24, 2.45) is 10.9 Å². The molecule has 5 rings (SSSR count). The number of aromatic nitrogens is 4. The Kier molecular flexibility index (Phi) is 6.30. The first-order valence-electron chi connectivity index (χ1n) is 12.3. The number of alkyl halides is 2. The van der Waals surface area contributed by atoms with Gasteiger partial charge in [-0.3, -0.25) is 9.59 Å². The van der Waals surface area contributed by atoms with Crippen molar-refractivity contribution in [1.29, 1.82) is 0 Å². The summed E-state index contributed by atoms with van der Waals surface area (Å²) in [6.45, 7) is 1.79. The number of aliphatic imine (C=N–C) groups is 1. The van der Waals surface area contributed by atoms with Crippen LogP contribution in [0.1, 0.15) is 61.8 Å². The van der Waals surface area contributed by atoms with Gasteiger partial charge >= 0.3 is 0 Å². The molecule has 0 aliphatic heterocycles. The van der Waals surface area contributed by atoms with Crippen molar-refractivity contribution < 1.29 is 18.7 Å². The Labute approximate surface area is 211 Å². The highest BCUT2D eigenvalue weighted by molar-refractivity contribution is 6.03. The molecule has 3 aromatic rings. The lowest BCUT2D eigenvalue weighted by atomic mass is 9.80. The van der Waals surface area contributed by atoms with Gasteiger partial charge in [0.15, 0.2) is 5.65 Å². The molecule has 2 fully saturated rings. The van der Waals surface area contributed by atoms with Gasteiger partial charge in [-0.05, 0) is 50.7 Å². The number of hydrogen-bond acceptors (Lipinski definition) is 7. The van der Waals surface area contributed by atoms with E-state index in [2.05, 4.69) is 25.7 Å². The maximum absolute atomic E-state index is 13.3. The molecule has 2 aliphatic rings. The highest BCUT2D eigenvalue weighted by Crippen LogP contribution is 2.44. The van der Waals surface area contributed by atoms with Gasteiger partial charge < -0.3 is 20.3 Å². The van der Waals surface area contributed by atoms with Crippen molar-refractivity contribution in [3.63, 3.8) is 0 Å². The fourth-order valence-corrected chi connectivity index (χ4v) is 5.10. The molecule has 0 bridgehead atoms. The van der Waals surface area contributed by atoms with Crippen LogP contribution in [-0.4, -0.2) is 55.0 Å². The van der Waals surface area contributed by atoms with Gasteiger partial charge in [-0.2, -0.15) is 9.61 Å². The van der Waals surface area contributed by atoms with E-state index in [4.69, 9.17) is 0 Å². The molecule has 196 valence electrons. The topological polar surface area (TPSA) is 126 Å². The summed E-state index contributed by atoms with van der Waals surface area (Å²) in [5.74, 6) is -2.48. The average Bonchev–Trinajstić information content (AvgIpc) is 3.25. The van der Waals surface area contributed by atoms with Crippen LogP contribution in [-0.2, 0) is 0 Å². The molecule has 0 aromatic carbocycles. The zero-order valence-corrected chi connectivity index (χ0v) is 20.6. The van der Waals surface area contributed by atoms with E-state index in [1.165, 1.54) is 21.5 Å². The van der Waals surface area contributed by atoms with Gasteiger partial charge in [0.1, 0.15) is 22.9 Å². The number of fused-ring (bicyclic) bond motifs is 1. The molecule has 3 aromatic heterocycles. The van der Waals surface area contributed by atoms with E-state index < -0.39 is 29.0 Å². The monoisotopic (exact) mass is 513 g/mol. The summed E-state index contributed by atoms with van der Waals surface area (Å²) in [5.41, 5.74) is -0.607. The van der Waals surface area contributed by atoms with Crippen LogP contribution in [0.3, 0.4) is 0 Å². The number of amides is 1. The standard InChI is InChI=1S/C25H29F2N7O3/c1-24(37)7-3-5-15(10-24)13-29-22(35)17-14-30-34-20(28-2)9-19(32-21(17)34)31-18-6-4-8-33(23(18)36)16-11-25(26,27)12-16/h4,6,8-9,13-16,28,37H,3,5,7,10-12H2,1-2H3,(H,31,32)/t15?,24-/m0/s1. The van der Waals surface area contributed by atoms with Gasteiger partial charge in [0.25, 0.3) is 17.4 Å². The zero-order chi connectivity index (χ0) is 26.4. The minimum absolute atomic E-state index is 0.00321. The Morgan fingerprint density at radius 1 is 1.32 bits per heavy atom. The van der Waals surface area contributed by atoms with Crippen LogP contribution in [0.5, 0.6) is 0 Å². The lowest BCUT2D eigenvalue weighted by molar-refractivity contribution is -0.104. The smallest absolute Gasteiger partial charge is 0.282 e. The molecule has 2 aliphatic carbocycles. The van der Waals surface area contributed by atoms with Crippen LogP contribution < -0.4 is 16.2 Å². The second-order valence-corrected chi connectivity index (χ2v) is 10.2. The number of halogens is 2. The minimum Gasteiger partial charge on any atom is -0.390 e.